The Morgan fingerprint density at radius 1 is 1.20 bits per heavy atom. The Morgan fingerprint density at radius 2 is 2.10 bits per heavy atom. The fraction of sp³-hybridized carbons (Fsp3) is 0.429. The number of amides is 1. The molecule has 2 aliphatic rings. The van der Waals surface area contributed by atoms with Gasteiger partial charge in [-0.2, -0.15) is 9.61 Å². The second-order valence-corrected chi connectivity index (χ2v) is 7.80. The largest absolute Gasteiger partial charge is 0.381 e. The number of ether oxygens (including phenoxy) is 1. The minimum absolute atomic E-state index is 0.142. The number of aromatic nitrogens is 4. The minimum atomic E-state index is -0.142. The third-order valence-corrected chi connectivity index (χ3v) is 5.49. The SMILES string of the molecule is CNc1cc(Nc2cccc(C3CCCOC3)n2)nc2c(C(=O)NC3CC3)cnn12. The molecule has 3 aromatic rings. The molecule has 1 aliphatic carbocycles. The number of carbonyl (C=O) groups excluding carboxylic acids is 1. The molecule has 1 unspecified atom stereocenters. The van der Waals surface area contributed by atoms with Crippen molar-refractivity contribution in [3.05, 3.63) is 41.7 Å². The van der Waals surface area contributed by atoms with Gasteiger partial charge in [-0.15, -0.1) is 0 Å². The summed E-state index contributed by atoms with van der Waals surface area (Å²) in [5.41, 5.74) is 1.98. The van der Waals surface area contributed by atoms with E-state index in [2.05, 4.69) is 26.0 Å². The van der Waals surface area contributed by atoms with Crippen LogP contribution in [0.25, 0.3) is 5.65 Å². The topological polar surface area (TPSA) is 105 Å². The Balaban J connectivity index is 1.44. The normalized spacial score (nSPS) is 18.9. The van der Waals surface area contributed by atoms with Crippen LogP contribution >= 0.6 is 0 Å². The van der Waals surface area contributed by atoms with Gasteiger partial charge in [0.2, 0.25) is 0 Å². The van der Waals surface area contributed by atoms with Gasteiger partial charge >= 0.3 is 0 Å². The van der Waals surface area contributed by atoms with Crippen molar-refractivity contribution < 1.29 is 9.53 Å². The van der Waals surface area contributed by atoms with E-state index in [9.17, 15) is 4.79 Å². The molecule has 0 spiro atoms. The molecule has 156 valence electrons. The van der Waals surface area contributed by atoms with E-state index in [4.69, 9.17) is 9.72 Å². The van der Waals surface area contributed by atoms with Crippen molar-refractivity contribution in [2.45, 2.75) is 37.6 Å². The molecule has 4 heterocycles. The van der Waals surface area contributed by atoms with Crippen LogP contribution in [0.2, 0.25) is 0 Å². The average molecular weight is 407 g/mol. The fourth-order valence-corrected chi connectivity index (χ4v) is 3.71. The smallest absolute Gasteiger partial charge is 0.256 e. The molecule has 5 rings (SSSR count). The quantitative estimate of drug-likeness (QED) is 0.577. The molecule has 1 saturated heterocycles. The maximum absolute atomic E-state index is 12.6. The Labute approximate surface area is 174 Å². The van der Waals surface area contributed by atoms with E-state index in [1.807, 2.05) is 31.3 Å². The predicted octanol–water partition coefficient (Wildman–Crippen LogP) is 2.70. The summed E-state index contributed by atoms with van der Waals surface area (Å²) < 4.78 is 7.24. The van der Waals surface area contributed by atoms with E-state index in [-0.39, 0.29) is 11.9 Å². The van der Waals surface area contributed by atoms with E-state index < -0.39 is 0 Å². The van der Waals surface area contributed by atoms with Gasteiger partial charge in [0.15, 0.2) is 5.65 Å². The van der Waals surface area contributed by atoms with Crippen LogP contribution in [0.15, 0.2) is 30.5 Å². The zero-order chi connectivity index (χ0) is 20.5. The van der Waals surface area contributed by atoms with Crippen LogP contribution in [0, 0.1) is 0 Å². The third-order valence-electron chi connectivity index (χ3n) is 5.49. The molecule has 9 nitrogen and oxygen atoms in total. The number of anilines is 3. The molecule has 0 aromatic carbocycles. The number of hydrogen-bond acceptors (Lipinski definition) is 7. The van der Waals surface area contributed by atoms with Gasteiger partial charge in [0, 0.05) is 37.4 Å². The number of hydrogen-bond donors (Lipinski definition) is 3. The molecular formula is C21H25N7O2. The van der Waals surface area contributed by atoms with Crippen molar-refractivity contribution in [1.82, 2.24) is 24.9 Å². The monoisotopic (exact) mass is 407 g/mol. The Morgan fingerprint density at radius 3 is 2.87 bits per heavy atom. The Kier molecular flexibility index (Phi) is 4.96. The zero-order valence-electron chi connectivity index (χ0n) is 16.9. The highest BCUT2D eigenvalue weighted by molar-refractivity contribution is 6.00. The van der Waals surface area contributed by atoms with Crippen LogP contribution < -0.4 is 16.0 Å². The summed E-state index contributed by atoms with van der Waals surface area (Å²) in [5.74, 6) is 2.20. The van der Waals surface area contributed by atoms with Gasteiger partial charge in [0.05, 0.1) is 12.8 Å². The molecule has 0 radical (unpaired) electrons. The highest BCUT2D eigenvalue weighted by Gasteiger charge is 2.26. The van der Waals surface area contributed by atoms with Gasteiger partial charge in [-0.05, 0) is 37.8 Å². The summed E-state index contributed by atoms with van der Waals surface area (Å²) in [5, 5.41) is 13.7. The first-order valence-corrected chi connectivity index (χ1v) is 10.4. The molecule has 1 atom stereocenters. The van der Waals surface area contributed by atoms with Crippen LogP contribution in [0.4, 0.5) is 17.5 Å². The van der Waals surface area contributed by atoms with Gasteiger partial charge in [0.25, 0.3) is 5.91 Å². The second kappa shape index (κ2) is 7.91. The van der Waals surface area contributed by atoms with Crippen LogP contribution in [-0.2, 0) is 4.74 Å². The third kappa shape index (κ3) is 3.80. The van der Waals surface area contributed by atoms with Crippen LogP contribution in [0.5, 0.6) is 0 Å². The van der Waals surface area contributed by atoms with Crippen molar-refractivity contribution in [2.24, 2.45) is 0 Å². The van der Waals surface area contributed by atoms with Gasteiger partial charge in [-0.3, -0.25) is 4.79 Å². The lowest BCUT2D eigenvalue weighted by Crippen LogP contribution is -2.25. The van der Waals surface area contributed by atoms with Gasteiger partial charge < -0.3 is 20.7 Å². The highest BCUT2D eigenvalue weighted by Crippen LogP contribution is 2.26. The van der Waals surface area contributed by atoms with Crippen molar-refractivity contribution in [2.75, 3.05) is 30.9 Å². The predicted molar refractivity (Wildman–Crippen MR) is 113 cm³/mol. The van der Waals surface area contributed by atoms with Crippen LogP contribution in [-0.4, -0.2) is 51.8 Å². The summed E-state index contributed by atoms with van der Waals surface area (Å²) in [7, 11) is 1.81. The number of carbonyl (C=O) groups is 1. The molecule has 3 aromatic heterocycles. The van der Waals surface area contributed by atoms with Crippen molar-refractivity contribution in [3.8, 4) is 0 Å². The van der Waals surface area contributed by atoms with E-state index in [1.54, 1.807) is 10.7 Å². The molecule has 1 aliphatic heterocycles. The molecular weight excluding hydrogens is 382 g/mol. The van der Waals surface area contributed by atoms with Crippen LogP contribution in [0.1, 0.15) is 47.7 Å². The van der Waals surface area contributed by atoms with Gasteiger partial charge in [0.1, 0.15) is 23.0 Å². The summed E-state index contributed by atoms with van der Waals surface area (Å²) in [4.78, 5) is 22.0. The zero-order valence-corrected chi connectivity index (χ0v) is 16.9. The first-order valence-electron chi connectivity index (χ1n) is 10.4. The number of nitrogens with one attached hydrogen (secondary N) is 3. The molecule has 30 heavy (non-hydrogen) atoms. The van der Waals surface area contributed by atoms with E-state index >= 15 is 0 Å². The highest BCUT2D eigenvalue weighted by atomic mass is 16.5. The van der Waals surface area contributed by atoms with E-state index in [0.717, 1.165) is 43.8 Å². The fourth-order valence-electron chi connectivity index (χ4n) is 3.71. The molecule has 9 heteroatoms. The number of pyridine rings is 1. The maximum atomic E-state index is 12.6. The molecule has 1 saturated carbocycles. The Bertz CT molecular complexity index is 1070. The van der Waals surface area contributed by atoms with Gasteiger partial charge in [-0.25, -0.2) is 9.97 Å². The summed E-state index contributed by atoms with van der Waals surface area (Å²) in [6.45, 7) is 1.53. The number of rotatable bonds is 6. The lowest BCUT2D eigenvalue weighted by molar-refractivity contribution is 0.0793. The second-order valence-electron chi connectivity index (χ2n) is 7.80. The standard InChI is InChI=1S/C21H25N7O2/c1-22-19-10-18(26-17-6-2-5-16(25-17)13-4-3-9-30-12-13)27-20-15(11-23-28(19)20)21(29)24-14-7-8-14/h2,5-6,10-11,13-14,22H,3-4,7-9,12H2,1H3,(H,24,29)(H,25,26,27). The van der Waals surface area contributed by atoms with E-state index in [1.165, 1.54) is 0 Å². The summed E-state index contributed by atoms with van der Waals surface area (Å²) in [6.07, 6.45) is 5.76. The molecule has 3 N–H and O–H groups in total. The molecule has 0 bridgehead atoms. The maximum Gasteiger partial charge on any atom is 0.256 e. The number of nitrogens with zero attached hydrogens (tertiary/aromatic N) is 4. The lowest BCUT2D eigenvalue weighted by atomic mass is 9.98. The number of fused-ring (bicyclic) bond motifs is 1. The first-order chi connectivity index (χ1) is 14.7. The van der Waals surface area contributed by atoms with Crippen molar-refractivity contribution >= 4 is 29.0 Å². The minimum Gasteiger partial charge on any atom is -0.381 e. The lowest BCUT2D eigenvalue weighted by Gasteiger charge is -2.22. The Hall–Kier alpha value is -3.20. The molecule has 2 fully saturated rings. The van der Waals surface area contributed by atoms with Crippen LogP contribution in [0.3, 0.4) is 0 Å². The first kappa shape index (κ1) is 18.8. The summed E-state index contributed by atoms with van der Waals surface area (Å²) >= 11 is 0. The van der Waals surface area contributed by atoms with Gasteiger partial charge in [-0.1, -0.05) is 6.07 Å². The molecule has 1 amide bonds. The average Bonchev–Trinajstić information content (AvgIpc) is 3.49. The van der Waals surface area contributed by atoms with E-state index in [0.29, 0.717) is 35.4 Å². The van der Waals surface area contributed by atoms with Crippen molar-refractivity contribution in [3.63, 3.8) is 0 Å². The van der Waals surface area contributed by atoms with Crippen molar-refractivity contribution in [1.29, 1.82) is 0 Å². The summed E-state index contributed by atoms with van der Waals surface area (Å²) in [6, 6.07) is 8.06.